The lowest BCUT2D eigenvalue weighted by Gasteiger charge is -2.12. The molecule has 1 amide bonds. The van der Waals surface area contributed by atoms with Crippen LogP contribution in [0.25, 0.3) is 5.65 Å². The Kier molecular flexibility index (Phi) is 5.57. The first-order chi connectivity index (χ1) is 17.5. The topological polar surface area (TPSA) is 114 Å². The van der Waals surface area contributed by atoms with Gasteiger partial charge in [0.2, 0.25) is 11.9 Å². The molecule has 36 heavy (non-hydrogen) atoms. The number of amides is 1. The van der Waals surface area contributed by atoms with Gasteiger partial charge in [-0.05, 0) is 36.2 Å². The average molecular weight is 500 g/mol. The molecule has 6 rings (SSSR count). The number of allylic oxidation sites excluding steroid dienone is 1. The molecule has 0 saturated carbocycles. The summed E-state index contributed by atoms with van der Waals surface area (Å²) in [6.07, 6.45) is 6.90. The Labute approximate surface area is 211 Å². The number of hydrogen-bond donors (Lipinski definition) is 2. The van der Waals surface area contributed by atoms with Gasteiger partial charge in [-0.2, -0.15) is 5.10 Å². The summed E-state index contributed by atoms with van der Waals surface area (Å²) in [5.41, 5.74) is 3.35. The Hall–Kier alpha value is -4.31. The van der Waals surface area contributed by atoms with E-state index in [0.29, 0.717) is 41.7 Å². The molecule has 2 aliphatic rings. The summed E-state index contributed by atoms with van der Waals surface area (Å²) < 4.78 is 3.63. The second-order valence-corrected chi connectivity index (χ2v) is 9.16. The van der Waals surface area contributed by atoms with Gasteiger partial charge < -0.3 is 10.6 Å². The Morgan fingerprint density at radius 3 is 2.83 bits per heavy atom. The minimum atomic E-state index is -0.117. The van der Waals surface area contributed by atoms with Crippen LogP contribution in [0, 0.1) is 0 Å². The van der Waals surface area contributed by atoms with Crippen LogP contribution in [0.3, 0.4) is 0 Å². The van der Waals surface area contributed by atoms with Gasteiger partial charge in [0.25, 0.3) is 0 Å². The second kappa shape index (κ2) is 9.04. The van der Waals surface area contributed by atoms with Crippen LogP contribution in [0.15, 0.2) is 70.9 Å². The van der Waals surface area contributed by atoms with Crippen molar-refractivity contribution in [2.45, 2.75) is 25.2 Å². The summed E-state index contributed by atoms with van der Waals surface area (Å²) in [4.78, 5) is 22.0. The highest BCUT2D eigenvalue weighted by Gasteiger charge is 2.28. The Balaban J connectivity index is 1.36. The lowest BCUT2D eigenvalue weighted by molar-refractivity contribution is -0.116. The summed E-state index contributed by atoms with van der Waals surface area (Å²) in [5.74, 6) is 2.41. The van der Waals surface area contributed by atoms with Crippen LogP contribution in [0.5, 0.6) is 0 Å². The molecule has 2 aliphatic heterocycles. The fourth-order valence-electron chi connectivity index (χ4n) is 4.49. The zero-order valence-electron chi connectivity index (χ0n) is 19.4. The number of guanidine groups is 1. The van der Waals surface area contributed by atoms with Crippen molar-refractivity contribution in [1.29, 1.82) is 0 Å². The van der Waals surface area contributed by atoms with Gasteiger partial charge in [-0.1, -0.05) is 29.8 Å². The second-order valence-electron chi connectivity index (χ2n) is 8.73. The number of aromatic nitrogens is 5. The zero-order chi connectivity index (χ0) is 24.6. The Morgan fingerprint density at radius 2 is 2.03 bits per heavy atom. The van der Waals surface area contributed by atoms with Crippen molar-refractivity contribution in [3.05, 3.63) is 82.9 Å². The molecule has 0 radical (unpaired) electrons. The van der Waals surface area contributed by atoms with Gasteiger partial charge in [0.1, 0.15) is 17.5 Å². The summed E-state index contributed by atoms with van der Waals surface area (Å²) in [6.45, 7) is 0. The van der Waals surface area contributed by atoms with Gasteiger partial charge >= 0.3 is 0 Å². The highest BCUT2D eigenvalue weighted by atomic mass is 35.5. The van der Waals surface area contributed by atoms with E-state index in [9.17, 15) is 4.79 Å². The molecule has 1 aromatic carbocycles. The molecule has 0 saturated heterocycles. The number of hydrogen-bond acceptors (Lipinski definition) is 7. The molecule has 0 fully saturated rings. The fourth-order valence-corrected chi connectivity index (χ4v) is 4.61. The molecule has 5 heterocycles. The van der Waals surface area contributed by atoms with E-state index in [1.54, 1.807) is 17.1 Å². The quantitative estimate of drug-likeness (QED) is 0.441. The molecule has 0 bridgehead atoms. The largest absolute Gasteiger partial charge is 0.312 e. The predicted octanol–water partition coefficient (Wildman–Crippen LogP) is 3.96. The molecule has 0 spiro atoms. The van der Waals surface area contributed by atoms with Crippen LogP contribution >= 0.6 is 11.6 Å². The Morgan fingerprint density at radius 1 is 1.17 bits per heavy atom. The van der Waals surface area contributed by atoms with E-state index >= 15 is 0 Å². The molecule has 11 heteroatoms. The summed E-state index contributed by atoms with van der Waals surface area (Å²) >= 11 is 6.04. The van der Waals surface area contributed by atoms with Crippen LogP contribution in [0.4, 0.5) is 11.6 Å². The van der Waals surface area contributed by atoms with Gasteiger partial charge in [0.05, 0.1) is 11.9 Å². The molecule has 1 atom stereocenters. The first-order valence-corrected chi connectivity index (χ1v) is 11.9. The number of carbonyl (C=O) groups excluding carboxylic acids is 1. The fraction of sp³-hybridized carbons (Fsp3) is 0.200. The van der Waals surface area contributed by atoms with Crippen LogP contribution in [0.1, 0.15) is 35.7 Å². The van der Waals surface area contributed by atoms with E-state index < -0.39 is 0 Å². The number of rotatable bonds is 4. The van der Waals surface area contributed by atoms with E-state index in [4.69, 9.17) is 16.6 Å². The van der Waals surface area contributed by atoms with E-state index in [0.717, 1.165) is 28.5 Å². The number of halogens is 1. The normalized spacial score (nSPS) is 17.3. The van der Waals surface area contributed by atoms with E-state index in [-0.39, 0.29) is 11.8 Å². The molecule has 2 N–H and O–H groups in total. The van der Waals surface area contributed by atoms with Crippen LogP contribution in [-0.2, 0) is 18.3 Å². The third kappa shape index (κ3) is 4.27. The molecular weight excluding hydrogens is 478 g/mol. The maximum absolute atomic E-state index is 12.9. The summed E-state index contributed by atoms with van der Waals surface area (Å²) in [6, 6.07) is 13.4. The molecule has 10 nitrogen and oxygen atoms in total. The summed E-state index contributed by atoms with van der Waals surface area (Å²) in [7, 11) is 1.84. The average Bonchev–Trinajstić information content (AvgIpc) is 3.35. The SMILES string of the molecule is Cn1nccc1NC1=NC=CCC(c2cc3n4c(nnc4c2)C(Cc2ccc(Cl)cc2)CC(=O)N3)=N1. The lowest BCUT2D eigenvalue weighted by Crippen LogP contribution is -2.16. The third-order valence-corrected chi connectivity index (χ3v) is 6.49. The molecule has 0 aliphatic carbocycles. The highest BCUT2D eigenvalue weighted by molar-refractivity contribution is 6.30. The first-order valence-electron chi connectivity index (χ1n) is 11.5. The Bertz CT molecular complexity index is 1560. The predicted molar refractivity (Wildman–Crippen MR) is 139 cm³/mol. The van der Waals surface area contributed by atoms with Crippen LogP contribution in [0.2, 0.25) is 5.02 Å². The first kappa shape index (κ1) is 22.2. The van der Waals surface area contributed by atoms with Crippen molar-refractivity contribution in [3.8, 4) is 0 Å². The van der Waals surface area contributed by atoms with Gasteiger partial charge in [-0.3, -0.25) is 13.9 Å². The summed E-state index contributed by atoms with van der Waals surface area (Å²) in [5, 5.41) is 20.0. The van der Waals surface area contributed by atoms with Gasteiger partial charge in [-0.25, -0.2) is 9.98 Å². The molecule has 180 valence electrons. The van der Waals surface area contributed by atoms with E-state index in [2.05, 4.69) is 30.9 Å². The number of benzene rings is 1. The number of aliphatic imine (C=N–C) groups is 2. The maximum Gasteiger partial charge on any atom is 0.228 e. The molecular formula is C25H22ClN9O. The van der Waals surface area contributed by atoms with Gasteiger partial charge in [-0.15, -0.1) is 10.2 Å². The minimum absolute atomic E-state index is 0.0688. The van der Waals surface area contributed by atoms with Crippen molar-refractivity contribution >= 4 is 46.5 Å². The molecule has 4 aromatic rings. The standard InChI is InChI=1S/C25H22ClN9O/c1-34-20(8-10-28-34)31-25-27-9-2-3-19(29-25)16-12-21-30-23(36)14-17(11-15-4-6-18(26)7-5-15)24-33-32-22(13-16)35(21)24/h2,4-10,12-13,17H,3,11,14H2,1H3,(H,27,31)(H,30,36). The number of carbonyl (C=O) groups is 1. The number of anilines is 2. The number of pyridine rings is 1. The number of aryl methyl sites for hydroxylation is 1. The maximum atomic E-state index is 12.9. The number of nitrogens with zero attached hydrogens (tertiary/aromatic N) is 7. The van der Waals surface area contributed by atoms with E-state index in [1.165, 1.54) is 0 Å². The van der Waals surface area contributed by atoms with Crippen LogP contribution in [-0.4, -0.2) is 42.0 Å². The van der Waals surface area contributed by atoms with Crippen molar-refractivity contribution in [2.24, 2.45) is 17.0 Å². The van der Waals surface area contributed by atoms with E-state index in [1.807, 2.05) is 60.0 Å². The monoisotopic (exact) mass is 499 g/mol. The van der Waals surface area contributed by atoms with Crippen molar-refractivity contribution in [3.63, 3.8) is 0 Å². The van der Waals surface area contributed by atoms with Crippen molar-refractivity contribution in [2.75, 3.05) is 10.6 Å². The lowest BCUT2D eigenvalue weighted by atomic mass is 9.95. The van der Waals surface area contributed by atoms with Crippen LogP contribution < -0.4 is 10.6 Å². The van der Waals surface area contributed by atoms with Gasteiger partial charge in [0, 0.05) is 48.7 Å². The zero-order valence-corrected chi connectivity index (χ0v) is 20.1. The smallest absolute Gasteiger partial charge is 0.228 e. The molecule has 1 unspecified atom stereocenters. The third-order valence-electron chi connectivity index (χ3n) is 6.24. The highest BCUT2D eigenvalue weighted by Crippen LogP contribution is 2.31. The number of nitrogens with one attached hydrogen (secondary N) is 2. The molecule has 3 aromatic heterocycles. The van der Waals surface area contributed by atoms with Crippen molar-refractivity contribution < 1.29 is 4.79 Å². The van der Waals surface area contributed by atoms with Crippen molar-refractivity contribution in [1.82, 2.24) is 24.4 Å². The van der Waals surface area contributed by atoms with Gasteiger partial charge in [0.15, 0.2) is 5.65 Å². The minimum Gasteiger partial charge on any atom is -0.312 e.